The Morgan fingerprint density at radius 2 is 0.754 bits per heavy atom. The van der Waals surface area contributed by atoms with Crippen LogP contribution in [0.25, 0.3) is 82.7 Å². The third kappa shape index (κ3) is 6.94. The van der Waals surface area contributed by atoms with E-state index in [9.17, 15) is 0 Å². The van der Waals surface area contributed by atoms with E-state index in [-0.39, 0.29) is 39.3 Å². The van der Waals surface area contributed by atoms with E-state index in [0.717, 1.165) is 0 Å². The number of hydrogen-bond donors (Lipinski definition) is 0. The largest absolute Gasteiger partial charge is 0.375 e. The van der Waals surface area contributed by atoms with Gasteiger partial charge in [-0.25, -0.2) is 0 Å². The molecule has 0 amide bonds. The standard InChI is InChI=1S/C66H73BN2/c1-61(2,3)40-23-19-38(20-24-40)46-37-55-58-57(56(46)39-21-25-41(26-22-39)62(4,5)6)51-35-44(65(13,14)15)33-49-48-32-43(64(10,11)12)28-30-54(48)69(59(49)51)67(58)52-36-45(66(16,17)18)34-50-47-31-42(63(7,8)9)27-29-53(47)68(55)60(50)52/h19-37H,1-18H3. The van der Waals surface area contributed by atoms with Crippen molar-refractivity contribution >= 4 is 61.4 Å². The summed E-state index contributed by atoms with van der Waals surface area (Å²) in [5.41, 5.74) is 25.2. The van der Waals surface area contributed by atoms with E-state index < -0.39 is 0 Å². The first kappa shape index (κ1) is 45.6. The molecule has 0 saturated carbocycles. The van der Waals surface area contributed by atoms with Gasteiger partial charge in [-0.05, 0) is 153 Å². The lowest BCUT2D eigenvalue weighted by atomic mass is 9.44. The van der Waals surface area contributed by atoms with Gasteiger partial charge in [0, 0.05) is 43.8 Å². The van der Waals surface area contributed by atoms with Crippen LogP contribution >= 0.6 is 0 Å². The van der Waals surface area contributed by atoms with Crippen molar-refractivity contribution < 1.29 is 0 Å². The molecule has 11 rings (SSSR count). The fourth-order valence-corrected chi connectivity index (χ4v) is 11.7. The lowest BCUT2D eigenvalue weighted by molar-refractivity contribution is 0.590. The molecule has 350 valence electrons. The minimum Gasteiger partial charge on any atom is -0.375 e. The summed E-state index contributed by atoms with van der Waals surface area (Å²) in [6.07, 6.45) is 0. The maximum absolute atomic E-state index is 2.79. The molecule has 2 aliphatic rings. The molecule has 0 atom stereocenters. The molecule has 4 heterocycles. The Labute approximate surface area is 413 Å². The smallest absolute Gasteiger partial charge is 0.333 e. The minimum absolute atomic E-state index is 0.00158. The van der Waals surface area contributed by atoms with Gasteiger partial charge in [-0.2, -0.15) is 0 Å². The Morgan fingerprint density at radius 1 is 0.333 bits per heavy atom. The molecule has 9 aromatic rings. The number of rotatable bonds is 2. The topological polar surface area (TPSA) is 9.86 Å². The molecule has 0 fully saturated rings. The van der Waals surface area contributed by atoms with Crippen molar-refractivity contribution in [3.05, 3.63) is 149 Å². The Kier molecular flexibility index (Phi) is 9.52. The SMILES string of the molecule is CC(C)(C)c1ccc(-c2cc3c4c(c2-c2ccc(C(C)(C)C)cc2)-c2cc(C(C)(C)C)cc5c6cc(C(C)(C)C)ccc6n(c25)B4c2cc(C(C)(C)C)cc4c5cc(C(C)(C)C)ccc5n-3c24)cc1. The monoisotopic (exact) mass is 905 g/mol. The van der Waals surface area contributed by atoms with E-state index in [1.165, 1.54) is 127 Å². The summed E-state index contributed by atoms with van der Waals surface area (Å²) in [6.45, 7) is 42.3. The second kappa shape index (κ2) is 14.4. The highest BCUT2D eigenvalue weighted by molar-refractivity contribution is 6.90. The highest BCUT2D eigenvalue weighted by atomic mass is 15.0. The molecule has 3 heteroatoms. The molecular formula is C66H73BN2. The molecule has 0 radical (unpaired) electrons. The highest BCUT2D eigenvalue weighted by Crippen LogP contribution is 2.51. The van der Waals surface area contributed by atoms with Gasteiger partial charge in [0.1, 0.15) is 0 Å². The first-order chi connectivity index (χ1) is 32.0. The molecule has 0 unspecified atom stereocenters. The van der Waals surface area contributed by atoms with Crippen LogP contribution < -0.4 is 10.9 Å². The van der Waals surface area contributed by atoms with Crippen molar-refractivity contribution in [2.24, 2.45) is 0 Å². The number of nitrogens with zero attached hydrogens (tertiary/aromatic N) is 2. The summed E-state index contributed by atoms with van der Waals surface area (Å²) in [5, 5.41) is 5.38. The summed E-state index contributed by atoms with van der Waals surface area (Å²) in [6, 6.07) is 46.8. The van der Waals surface area contributed by atoms with Crippen LogP contribution in [0.3, 0.4) is 0 Å². The first-order valence-electron chi connectivity index (χ1n) is 25.7. The number of fused-ring (bicyclic) bond motifs is 10. The molecule has 0 spiro atoms. The molecule has 2 aromatic heterocycles. The normalized spacial score (nSPS) is 14.2. The second-order valence-corrected chi connectivity index (χ2v) is 27.2. The summed E-state index contributed by atoms with van der Waals surface area (Å²) in [5.74, 6) is 0. The average molecular weight is 905 g/mol. The second-order valence-electron chi connectivity index (χ2n) is 27.2. The van der Waals surface area contributed by atoms with Gasteiger partial charge in [-0.1, -0.05) is 191 Å². The van der Waals surface area contributed by atoms with Gasteiger partial charge < -0.3 is 9.05 Å². The van der Waals surface area contributed by atoms with Gasteiger partial charge in [-0.3, -0.25) is 0 Å². The third-order valence-electron chi connectivity index (χ3n) is 16.0. The Bertz CT molecular complexity index is 3620. The molecular weight excluding hydrogens is 832 g/mol. The fourth-order valence-electron chi connectivity index (χ4n) is 11.7. The van der Waals surface area contributed by atoms with Crippen LogP contribution in [0.15, 0.2) is 115 Å². The van der Waals surface area contributed by atoms with E-state index in [1.54, 1.807) is 0 Å². The van der Waals surface area contributed by atoms with Gasteiger partial charge in [0.25, 0.3) is 0 Å². The van der Waals surface area contributed by atoms with Crippen molar-refractivity contribution in [3.8, 4) is 39.1 Å². The molecule has 0 bridgehead atoms. The van der Waals surface area contributed by atoms with Crippen LogP contribution in [0, 0.1) is 0 Å². The van der Waals surface area contributed by atoms with Crippen molar-refractivity contribution in [2.75, 3.05) is 0 Å². The van der Waals surface area contributed by atoms with Gasteiger partial charge in [0.05, 0.1) is 11.0 Å². The van der Waals surface area contributed by atoms with Crippen LogP contribution in [-0.2, 0) is 32.5 Å². The van der Waals surface area contributed by atoms with Crippen LogP contribution in [0.4, 0.5) is 0 Å². The zero-order chi connectivity index (χ0) is 49.4. The van der Waals surface area contributed by atoms with Crippen LogP contribution in [-0.4, -0.2) is 15.9 Å². The molecule has 2 aliphatic heterocycles. The van der Waals surface area contributed by atoms with Crippen molar-refractivity contribution in [1.29, 1.82) is 0 Å². The maximum atomic E-state index is 2.79. The number of aromatic nitrogens is 2. The van der Waals surface area contributed by atoms with Crippen LogP contribution in [0.1, 0.15) is 158 Å². The van der Waals surface area contributed by atoms with Crippen LogP contribution in [0.2, 0.25) is 0 Å². The Hall–Kier alpha value is -5.80. The summed E-state index contributed by atoms with van der Waals surface area (Å²) in [4.78, 5) is 0. The van der Waals surface area contributed by atoms with E-state index in [4.69, 9.17) is 0 Å². The quantitative estimate of drug-likeness (QED) is 0.153. The Morgan fingerprint density at radius 3 is 1.26 bits per heavy atom. The van der Waals surface area contributed by atoms with Gasteiger partial charge in [0.2, 0.25) is 0 Å². The molecule has 69 heavy (non-hydrogen) atoms. The third-order valence-corrected chi connectivity index (χ3v) is 16.0. The average Bonchev–Trinajstić information content (AvgIpc) is 3.77. The van der Waals surface area contributed by atoms with E-state index >= 15 is 0 Å². The lowest BCUT2D eigenvalue weighted by Gasteiger charge is -2.37. The maximum Gasteiger partial charge on any atom is 0.333 e. The van der Waals surface area contributed by atoms with Crippen molar-refractivity contribution in [1.82, 2.24) is 9.05 Å². The predicted molar refractivity (Wildman–Crippen MR) is 303 cm³/mol. The van der Waals surface area contributed by atoms with E-state index in [0.29, 0.717) is 0 Å². The first-order valence-corrected chi connectivity index (χ1v) is 25.7. The van der Waals surface area contributed by atoms with Gasteiger partial charge in [0.15, 0.2) is 0 Å². The van der Waals surface area contributed by atoms with E-state index in [2.05, 4.69) is 249 Å². The lowest BCUT2D eigenvalue weighted by Crippen LogP contribution is -2.55. The molecule has 2 nitrogen and oxygen atoms in total. The summed E-state index contributed by atoms with van der Waals surface area (Å²) >= 11 is 0. The molecule has 0 aliphatic carbocycles. The van der Waals surface area contributed by atoms with Gasteiger partial charge >= 0.3 is 6.85 Å². The van der Waals surface area contributed by atoms with Crippen LogP contribution in [0.5, 0.6) is 0 Å². The van der Waals surface area contributed by atoms with Crippen molar-refractivity contribution in [3.63, 3.8) is 0 Å². The number of hydrogen-bond acceptors (Lipinski definition) is 0. The van der Waals surface area contributed by atoms with Crippen molar-refractivity contribution in [2.45, 2.75) is 157 Å². The molecule has 7 aromatic carbocycles. The fraction of sp³-hybridized carbons (Fsp3) is 0.364. The Balaban J connectivity index is 1.42. The predicted octanol–water partition coefficient (Wildman–Crippen LogP) is 17.0. The number of benzene rings is 7. The highest BCUT2D eigenvalue weighted by Gasteiger charge is 2.45. The summed E-state index contributed by atoms with van der Waals surface area (Å²) in [7, 11) is 0. The minimum atomic E-state index is -0.0889. The molecule has 0 N–H and O–H groups in total. The van der Waals surface area contributed by atoms with E-state index in [1.807, 2.05) is 0 Å². The zero-order valence-electron chi connectivity index (χ0n) is 44.9. The van der Waals surface area contributed by atoms with Gasteiger partial charge in [-0.15, -0.1) is 0 Å². The summed E-state index contributed by atoms with van der Waals surface area (Å²) < 4.78 is 5.48. The zero-order valence-corrected chi connectivity index (χ0v) is 44.9. The molecule has 0 saturated heterocycles.